The van der Waals surface area contributed by atoms with Gasteiger partial charge < -0.3 is 25.8 Å². The van der Waals surface area contributed by atoms with Gasteiger partial charge in [0.2, 0.25) is 0 Å². The lowest BCUT2D eigenvalue weighted by Crippen LogP contribution is -2.46. The van der Waals surface area contributed by atoms with Crippen molar-refractivity contribution in [2.75, 3.05) is 31.9 Å². The summed E-state index contributed by atoms with van der Waals surface area (Å²) < 4.78 is 6.10. The van der Waals surface area contributed by atoms with Crippen LogP contribution in [0.15, 0.2) is 48.7 Å². The van der Waals surface area contributed by atoms with E-state index in [-0.39, 0.29) is 28.4 Å². The van der Waals surface area contributed by atoms with Gasteiger partial charge in [-0.25, -0.2) is 4.98 Å². The molecule has 7 nitrogen and oxygen atoms in total. The summed E-state index contributed by atoms with van der Waals surface area (Å²) in [4.78, 5) is 18.8. The summed E-state index contributed by atoms with van der Waals surface area (Å²) >= 11 is 12.4. The number of pyridine rings is 1. The molecular weight excluding hydrogens is 475 g/mol. The molecule has 0 spiro atoms. The number of ether oxygens (including phenoxy) is 1. The first-order valence-corrected chi connectivity index (χ1v) is 11.9. The predicted octanol–water partition coefficient (Wildman–Crippen LogP) is 4.61. The molecule has 1 unspecified atom stereocenters. The molecule has 0 radical (unpaired) electrons. The number of rotatable bonds is 6. The van der Waals surface area contributed by atoms with Crippen molar-refractivity contribution in [1.29, 1.82) is 0 Å². The van der Waals surface area contributed by atoms with Crippen LogP contribution >= 0.6 is 23.2 Å². The summed E-state index contributed by atoms with van der Waals surface area (Å²) in [7, 11) is 0. The second-order valence-corrected chi connectivity index (χ2v) is 8.74. The predicted molar refractivity (Wildman–Crippen MR) is 135 cm³/mol. The van der Waals surface area contributed by atoms with Gasteiger partial charge in [0.05, 0.1) is 5.02 Å². The van der Waals surface area contributed by atoms with Crippen LogP contribution in [0.1, 0.15) is 34.5 Å². The van der Waals surface area contributed by atoms with Gasteiger partial charge >= 0.3 is 0 Å². The van der Waals surface area contributed by atoms with E-state index in [1.165, 1.54) is 6.07 Å². The molecule has 4 N–H and O–H groups in total. The summed E-state index contributed by atoms with van der Waals surface area (Å²) in [6, 6.07) is 12.4. The number of hydrogen-bond donors (Lipinski definition) is 3. The number of anilines is 1. The van der Waals surface area contributed by atoms with Gasteiger partial charge in [-0.1, -0.05) is 29.8 Å². The number of aromatic hydroxyl groups is 1. The first-order valence-electron chi connectivity index (χ1n) is 11.0. The smallest absolute Gasteiger partial charge is 0.253 e. The fourth-order valence-electron chi connectivity index (χ4n) is 3.99. The summed E-state index contributed by atoms with van der Waals surface area (Å²) in [5.74, 6) is 0.807. The Bertz CT molecular complexity index is 1180. The number of nitrogens with zero attached hydrogens (tertiary/aromatic N) is 2. The summed E-state index contributed by atoms with van der Waals surface area (Å²) in [6.07, 6.45) is 1.12. The van der Waals surface area contributed by atoms with E-state index in [9.17, 15) is 9.90 Å². The lowest BCUT2D eigenvalue weighted by atomic mass is 10.0. The molecule has 1 saturated heterocycles. The highest BCUT2D eigenvalue weighted by molar-refractivity contribution is 6.33. The van der Waals surface area contributed by atoms with E-state index in [1.807, 2.05) is 29.2 Å². The molecule has 1 amide bonds. The molecule has 9 heteroatoms. The Hall–Kier alpha value is -3.00. The number of phenols is 1. The van der Waals surface area contributed by atoms with Gasteiger partial charge in [0.1, 0.15) is 11.9 Å². The fourth-order valence-corrected chi connectivity index (χ4v) is 4.56. The summed E-state index contributed by atoms with van der Waals surface area (Å²) in [5, 5.41) is 13.5. The molecule has 0 bridgehead atoms. The fraction of sp³-hybridized carbons (Fsp3) is 0.280. The van der Waals surface area contributed by atoms with Gasteiger partial charge in [0.25, 0.3) is 5.91 Å². The van der Waals surface area contributed by atoms with Crippen molar-refractivity contribution in [3.05, 3.63) is 70.4 Å². The van der Waals surface area contributed by atoms with Crippen LogP contribution in [0.3, 0.4) is 0 Å². The Morgan fingerprint density at radius 1 is 1.21 bits per heavy atom. The Balaban J connectivity index is 1.56. The van der Waals surface area contributed by atoms with Crippen LogP contribution in [0.2, 0.25) is 5.02 Å². The van der Waals surface area contributed by atoms with Crippen molar-refractivity contribution in [2.45, 2.75) is 18.9 Å². The maximum Gasteiger partial charge on any atom is 0.253 e. The van der Waals surface area contributed by atoms with Gasteiger partial charge in [-0.2, -0.15) is 0 Å². The number of phenolic OH excluding ortho intramolecular Hbond substituents is 1. The zero-order valence-electron chi connectivity index (χ0n) is 18.7. The maximum absolute atomic E-state index is 12.7. The number of carbonyl (C=O) groups excluding carboxylic acids is 1. The monoisotopic (exact) mass is 500 g/mol. The third kappa shape index (κ3) is 5.06. The number of aromatic nitrogens is 1. The molecule has 2 aromatic carbocycles. The molecule has 1 aromatic heterocycles. The van der Waals surface area contributed by atoms with Crippen LogP contribution < -0.4 is 15.8 Å². The SMILES string of the molecule is CC(Oc1cc(-c2ccc(C(=O)N3CCNCC3)cc2)cnc1N)c1c(CCl)ccc(O)c1Cl. The Morgan fingerprint density at radius 2 is 1.91 bits per heavy atom. The van der Waals surface area contributed by atoms with Crippen molar-refractivity contribution in [3.8, 4) is 22.6 Å². The number of halogens is 2. The highest BCUT2D eigenvalue weighted by atomic mass is 35.5. The van der Waals surface area contributed by atoms with Gasteiger partial charge in [0.15, 0.2) is 11.6 Å². The standard InChI is InChI=1S/C25H26Cl2N4O3/c1-15(22-18(13-26)6-7-20(32)23(22)27)34-21-12-19(14-30-24(21)28)16-2-4-17(5-3-16)25(33)31-10-8-29-9-11-31/h2-7,12,14-15,29,32H,8-11,13H2,1H3,(H2,28,30). The molecule has 1 aliphatic rings. The van der Waals surface area contributed by atoms with E-state index in [4.69, 9.17) is 33.7 Å². The van der Waals surface area contributed by atoms with Crippen molar-refractivity contribution in [3.63, 3.8) is 0 Å². The van der Waals surface area contributed by atoms with Crippen LogP contribution in [0, 0.1) is 0 Å². The third-order valence-corrected chi connectivity index (χ3v) is 6.54. The van der Waals surface area contributed by atoms with Crippen molar-refractivity contribution in [2.24, 2.45) is 0 Å². The zero-order chi connectivity index (χ0) is 24.2. The molecule has 1 atom stereocenters. The Kier molecular flexibility index (Phi) is 7.46. The largest absolute Gasteiger partial charge is 0.506 e. The number of piperazine rings is 1. The van der Waals surface area contributed by atoms with Crippen LogP contribution in [0.25, 0.3) is 11.1 Å². The molecule has 4 rings (SSSR count). The average molecular weight is 501 g/mol. The third-order valence-electron chi connectivity index (χ3n) is 5.86. The highest BCUT2D eigenvalue weighted by Gasteiger charge is 2.21. The first-order chi connectivity index (χ1) is 16.4. The number of amides is 1. The number of nitrogens with two attached hydrogens (primary N) is 1. The maximum atomic E-state index is 12.7. The topological polar surface area (TPSA) is 101 Å². The van der Waals surface area contributed by atoms with Gasteiger partial charge in [-0.3, -0.25) is 4.79 Å². The number of nitrogens with one attached hydrogen (secondary N) is 1. The molecule has 34 heavy (non-hydrogen) atoms. The molecule has 0 saturated carbocycles. The van der Waals surface area contributed by atoms with Gasteiger partial charge in [-0.15, -0.1) is 11.6 Å². The van der Waals surface area contributed by atoms with E-state index < -0.39 is 6.10 Å². The zero-order valence-corrected chi connectivity index (χ0v) is 20.2. The number of nitrogen functional groups attached to an aromatic ring is 1. The molecule has 3 aromatic rings. The number of carbonyl (C=O) groups is 1. The average Bonchev–Trinajstić information content (AvgIpc) is 2.87. The normalized spacial score (nSPS) is 14.6. The summed E-state index contributed by atoms with van der Waals surface area (Å²) in [6.45, 7) is 4.83. The quantitative estimate of drug-likeness (QED) is 0.427. The van der Waals surface area contributed by atoms with Gasteiger partial charge in [-0.05, 0) is 42.3 Å². The summed E-state index contributed by atoms with van der Waals surface area (Å²) in [5.41, 5.74) is 9.74. The van der Waals surface area contributed by atoms with Gasteiger partial charge in [0, 0.05) is 54.9 Å². The molecule has 1 fully saturated rings. The van der Waals surface area contributed by atoms with Crippen molar-refractivity contribution >= 4 is 34.9 Å². The minimum Gasteiger partial charge on any atom is -0.506 e. The second-order valence-electron chi connectivity index (χ2n) is 8.09. The van der Waals surface area contributed by atoms with Crippen LogP contribution in [0.4, 0.5) is 5.82 Å². The highest BCUT2D eigenvalue weighted by Crippen LogP contribution is 2.38. The second kappa shape index (κ2) is 10.5. The van der Waals surface area contributed by atoms with E-state index >= 15 is 0 Å². The lowest BCUT2D eigenvalue weighted by molar-refractivity contribution is 0.0736. The van der Waals surface area contributed by atoms with Crippen molar-refractivity contribution < 1.29 is 14.6 Å². The number of benzene rings is 2. The van der Waals surface area contributed by atoms with Crippen LogP contribution in [-0.4, -0.2) is 47.1 Å². The van der Waals surface area contributed by atoms with E-state index in [1.54, 1.807) is 25.3 Å². The molecule has 0 aliphatic carbocycles. The van der Waals surface area contributed by atoms with Crippen LogP contribution in [0.5, 0.6) is 11.5 Å². The Morgan fingerprint density at radius 3 is 2.59 bits per heavy atom. The van der Waals surface area contributed by atoms with E-state index in [0.717, 1.165) is 29.8 Å². The number of alkyl halides is 1. The molecular formula is C25H26Cl2N4O3. The Labute approximate surface area is 208 Å². The minimum absolute atomic E-state index is 0.0272. The minimum atomic E-state index is -0.535. The molecule has 1 aliphatic heterocycles. The van der Waals surface area contributed by atoms with Crippen LogP contribution in [-0.2, 0) is 5.88 Å². The van der Waals surface area contributed by atoms with E-state index in [0.29, 0.717) is 30.0 Å². The van der Waals surface area contributed by atoms with Crippen molar-refractivity contribution in [1.82, 2.24) is 15.2 Å². The molecule has 178 valence electrons. The molecule has 2 heterocycles. The lowest BCUT2D eigenvalue weighted by Gasteiger charge is -2.27. The van der Waals surface area contributed by atoms with E-state index in [2.05, 4.69) is 10.3 Å². The first kappa shape index (κ1) is 24.1. The number of hydrogen-bond acceptors (Lipinski definition) is 6.